The molecule has 36 heavy (non-hydrogen) atoms. The summed E-state index contributed by atoms with van der Waals surface area (Å²) in [5.74, 6) is 0.240. The molecule has 1 aromatic heterocycles. The van der Waals surface area contributed by atoms with E-state index in [0.717, 1.165) is 45.1 Å². The van der Waals surface area contributed by atoms with Crippen LogP contribution in [0.2, 0.25) is 5.02 Å². The molecule has 3 aliphatic heterocycles. The van der Waals surface area contributed by atoms with E-state index in [0.29, 0.717) is 49.5 Å². The molecule has 0 amide bonds. The van der Waals surface area contributed by atoms with Crippen molar-refractivity contribution in [3.63, 3.8) is 0 Å². The van der Waals surface area contributed by atoms with Gasteiger partial charge in [0.25, 0.3) is 0 Å². The Kier molecular flexibility index (Phi) is 6.67. The van der Waals surface area contributed by atoms with Crippen LogP contribution in [-0.4, -0.2) is 76.7 Å². The number of anilines is 1. The molecule has 196 valence electrons. The van der Waals surface area contributed by atoms with Crippen LogP contribution in [0, 0.1) is 5.82 Å². The van der Waals surface area contributed by atoms with Crippen LogP contribution in [0.4, 0.5) is 14.6 Å². The van der Waals surface area contributed by atoms with E-state index in [9.17, 15) is 9.50 Å². The minimum absolute atomic E-state index is 0.0135. The van der Waals surface area contributed by atoms with Crippen LogP contribution in [0.5, 0.6) is 11.8 Å². The lowest BCUT2D eigenvalue weighted by Gasteiger charge is -2.33. The summed E-state index contributed by atoms with van der Waals surface area (Å²) in [6.07, 6.45) is 5.21. The predicted octanol–water partition coefficient (Wildman–Crippen LogP) is 5.03. The van der Waals surface area contributed by atoms with Crippen LogP contribution in [-0.2, 0) is 0 Å². The number of halogens is 4. The third-order valence-electron chi connectivity index (χ3n) is 8.28. The number of rotatable bonds is 4. The van der Waals surface area contributed by atoms with E-state index in [4.69, 9.17) is 26.1 Å². The highest BCUT2D eigenvalue weighted by Gasteiger charge is 2.49. The van der Waals surface area contributed by atoms with E-state index in [1.54, 1.807) is 0 Å². The summed E-state index contributed by atoms with van der Waals surface area (Å²) < 4.78 is 42.0. The van der Waals surface area contributed by atoms with Gasteiger partial charge in [0, 0.05) is 19.0 Å². The Bertz CT molecular complexity index is 1180. The third kappa shape index (κ3) is 4.22. The number of hydrogen-bond acceptors (Lipinski definition) is 7. The first kappa shape index (κ1) is 24.8. The van der Waals surface area contributed by atoms with E-state index >= 15 is 4.39 Å². The van der Waals surface area contributed by atoms with Crippen molar-refractivity contribution >= 4 is 44.3 Å². The van der Waals surface area contributed by atoms with Crippen LogP contribution < -0.4 is 14.4 Å². The van der Waals surface area contributed by atoms with Gasteiger partial charge in [-0.25, -0.2) is 8.78 Å². The molecule has 3 fully saturated rings. The largest absolute Gasteiger partial charge is 0.489 e. The van der Waals surface area contributed by atoms with E-state index in [1.807, 2.05) is 0 Å². The number of hydrogen-bond donors (Lipinski definition) is 1. The zero-order valence-corrected chi connectivity index (χ0v) is 22.3. The molecule has 2 saturated heterocycles. The fourth-order valence-electron chi connectivity index (χ4n) is 6.56. The molecule has 4 aliphatic rings. The minimum atomic E-state index is -0.872. The summed E-state index contributed by atoms with van der Waals surface area (Å²) in [6, 6.07) is 0.0701. The lowest BCUT2D eigenvalue weighted by molar-refractivity contribution is 0.107. The SMILES string of the molecule is OC1CCCCC(N2CCOc3c(Cl)c(Br)c(F)c4nc(OC[C@@]56CCCN5C[C@H](F)C6)nc2c34)C1. The van der Waals surface area contributed by atoms with Gasteiger partial charge in [0.2, 0.25) is 0 Å². The first-order valence-electron chi connectivity index (χ1n) is 12.8. The maximum Gasteiger partial charge on any atom is 0.319 e. The van der Waals surface area contributed by atoms with Gasteiger partial charge >= 0.3 is 6.01 Å². The number of aliphatic hydroxyl groups excluding tert-OH is 1. The Morgan fingerprint density at radius 2 is 2.06 bits per heavy atom. The van der Waals surface area contributed by atoms with Crippen LogP contribution in [0.15, 0.2) is 4.47 Å². The maximum atomic E-state index is 15.5. The molecule has 1 saturated carbocycles. The van der Waals surface area contributed by atoms with Crippen molar-refractivity contribution in [2.24, 2.45) is 0 Å². The second-order valence-electron chi connectivity index (χ2n) is 10.6. The van der Waals surface area contributed by atoms with Gasteiger partial charge < -0.3 is 19.5 Å². The molecular weight excluding hydrogens is 558 g/mol. The monoisotopic (exact) mass is 586 g/mol. The predicted molar refractivity (Wildman–Crippen MR) is 136 cm³/mol. The highest BCUT2D eigenvalue weighted by Crippen LogP contribution is 2.47. The van der Waals surface area contributed by atoms with Gasteiger partial charge in [-0.2, -0.15) is 9.97 Å². The van der Waals surface area contributed by atoms with Crippen molar-refractivity contribution in [3.8, 4) is 11.8 Å². The minimum Gasteiger partial charge on any atom is -0.489 e. The Morgan fingerprint density at radius 1 is 1.22 bits per heavy atom. The van der Waals surface area contributed by atoms with Crippen LogP contribution in [0.1, 0.15) is 51.4 Å². The molecule has 1 N–H and O–H groups in total. The summed E-state index contributed by atoms with van der Waals surface area (Å²) >= 11 is 9.75. The Morgan fingerprint density at radius 3 is 2.92 bits per heavy atom. The molecule has 2 unspecified atom stereocenters. The standard InChI is InChI=1S/C25H30BrClF2N4O3/c26-18-19(27)22-17-21(20(18)29)30-24(36-13-25-6-3-7-32(25)12-14(28)11-25)31-23(17)33(8-9-35-22)15-4-1-2-5-16(34)10-15/h14-16,34H,1-13H2/t14-,15?,16?,25+/m1/s1. The van der Waals surface area contributed by atoms with Crippen LogP contribution in [0.3, 0.4) is 0 Å². The molecule has 11 heteroatoms. The number of benzene rings is 1. The maximum absolute atomic E-state index is 15.5. The average molecular weight is 588 g/mol. The first-order chi connectivity index (χ1) is 17.4. The molecule has 4 atom stereocenters. The van der Waals surface area contributed by atoms with E-state index < -0.39 is 18.1 Å². The van der Waals surface area contributed by atoms with Gasteiger partial charge in [-0.1, -0.05) is 24.4 Å². The number of alkyl halides is 1. The Hall–Kier alpha value is -1.49. The molecular formula is C25H30BrClF2N4O3. The molecule has 4 heterocycles. The van der Waals surface area contributed by atoms with Crippen molar-refractivity contribution in [2.75, 3.05) is 37.7 Å². The topological polar surface area (TPSA) is 71.0 Å². The van der Waals surface area contributed by atoms with Crippen molar-refractivity contribution in [1.82, 2.24) is 14.9 Å². The lowest BCUT2D eigenvalue weighted by Crippen LogP contribution is -2.43. The van der Waals surface area contributed by atoms with Gasteiger partial charge in [0.05, 0.1) is 28.0 Å². The lowest BCUT2D eigenvalue weighted by atomic mass is 9.95. The van der Waals surface area contributed by atoms with Gasteiger partial charge in [0.1, 0.15) is 35.7 Å². The quantitative estimate of drug-likeness (QED) is 0.397. The number of ether oxygens (including phenoxy) is 2. The highest BCUT2D eigenvalue weighted by atomic mass is 79.9. The fourth-order valence-corrected chi connectivity index (χ4v) is 7.16. The molecule has 0 radical (unpaired) electrons. The number of aliphatic hydroxyl groups is 1. The first-order valence-corrected chi connectivity index (χ1v) is 14.0. The number of fused-ring (bicyclic) bond motifs is 1. The Balaban J connectivity index is 1.43. The van der Waals surface area contributed by atoms with Gasteiger partial charge in [-0.3, -0.25) is 4.90 Å². The van der Waals surface area contributed by atoms with Gasteiger partial charge in [-0.15, -0.1) is 0 Å². The average Bonchev–Trinajstić information content (AvgIpc) is 3.19. The van der Waals surface area contributed by atoms with Crippen molar-refractivity contribution < 1.29 is 23.4 Å². The zero-order valence-electron chi connectivity index (χ0n) is 20.0. The Labute approximate surface area is 222 Å². The normalized spacial score (nSPS) is 30.7. The van der Waals surface area contributed by atoms with E-state index in [-0.39, 0.29) is 39.2 Å². The molecule has 0 bridgehead atoms. The summed E-state index contributed by atoms with van der Waals surface area (Å²) in [4.78, 5) is 13.5. The van der Waals surface area contributed by atoms with Crippen LogP contribution in [0.25, 0.3) is 10.9 Å². The van der Waals surface area contributed by atoms with Crippen molar-refractivity contribution in [1.29, 1.82) is 0 Å². The molecule has 0 spiro atoms. The highest BCUT2D eigenvalue weighted by molar-refractivity contribution is 9.10. The molecule has 6 rings (SSSR count). The van der Waals surface area contributed by atoms with Crippen molar-refractivity contribution in [3.05, 3.63) is 15.3 Å². The van der Waals surface area contributed by atoms with E-state index in [2.05, 4.69) is 30.7 Å². The van der Waals surface area contributed by atoms with Crippen molar-refractivity contribution in [2.45, 2.75) is 75.2 Å². The zero-order chi connectivity index (χ0) is 25.0. The van der Waals surface area contributed by atoms with Crippen LogP contribution >= 0.6 is 27.5 Å². The molecule has 2 aromatic rings. The molecule has 1 aliphatic carbocycles. The molecule has 7 nitrogen and oxygen atoms in total. The smallest absolute Gasteiger partial charge is 0.319 e. The summed E-state index contributed by atoms with van der Waals surface area (Å²) in [5, 5.41) is 11.1. The molecule has 1 aromatic carbocycles. The third-order valence-corrected chi connectivity index (χ3v) is 9.61. The van der Waals surface area contributed by atoms with Gasteiger partial charge in [0.15, 0.2) is 11.6 Å². The second kappa shape index (κ2) is 9.67. The summed E-state index contributed by atoms with van der Waals surface area (Å²) in [5.41, 5.74) is -0.303. The number of nitrogens with zero attached hydrogens (tertiary/aromatic N) is 4. The second-order valence-corrected chi connectivity index (χ2v) is 11.7. The summed E-state index contributed by atoms with van der Waals surface area (Å²) in [6.45, 7) is 2.37. The summed E-state index contributed by atoms with van der Waals surface area (Å²) in [7, 11) is 0. The fraction of sp³-hybridized carbons (Fsp3) is 0.680. The number of aromatic nitrogens is 2. The van der Waals surface area contributed by atoms with E-state index in [1.165, 1.54) is 0 Å². The van der Waals surface area contributed by atoms with Gasteiger partial charge in [-0.05, 0) is 54.6 Å².